The van der Waals surface area contributed by atoms with Crippen LogP contribution in [0.3, 0.4) is 0 Å². The molecule has 4 nitrogen and oxygen atoms in total. The van der Waals surface area contributed by atoms with Crippen LogP contribution in [0.5, 0.6) is 11.5 Å². The average Bonchev–Trinajstić information content (AvgIpc) is 2.26. The van der Waals surface area contributed by atoms with Crippen LogP contribution in [0, 0.1) is 0 Å². The van der Waals surface area contributed by atoms with E-state index in [-0.39, 0.29) is 0 Å². The molecule has 84 valence electrons. The van der Waals surface area contributed by atoms with E-state index in [4.69, 9.17) is 27.0 Å². The zero-order valence-electron chi connectivity index (χ0n) is 8.75. The van der Waals surface area contributed by atoms with E-state index in [1.54, 1.807) is 20.3 Å². The third kappa shape index (κ3) is 2.75. The van der Waals surface area contributed by atoms with Gasteiger partial charge in [0.2, 0.25) is 0 Å². The summed E-state index contributed by atoms with van der Waals surface area (Å²) >= 11 is 6.07. The number of rotatable bonds is 5. The van der Waals surface area contributed by atoms with E-state index >= 15 is 0 Å². The minimum atomic E-state index is 0.416. The largest absolute Gasteiger partial charge is 0.495 e. The van der Waals surface area contributed by atoms with Gasteiger partial charge >= 0.3 is 0 Å². The molecule has 1 aromatic carbocycles. The monoisotopic (exact) mass is 231 g/mol. The van der Waals surface area contributed by atoms with E-state index in [2.05, 4.69) is 4.84 Å². The molecule has 0 saturated heterocycles. The summed E-state index contributed by atoms with van der Waals surface area (Å²) in [7, 11) is 3.12. The van der Waals surface area contributed by atoms with Crippen LogP contribution in [0.2, 0.25) is 5.02 Å². The smallest absolute Gasteiger partial charge is 0.144 e. The lowest BCUT2D eigenvalue weighted by Gasteiger charge is -2.12. The molecule has 0 radical (unpaired) electrons. The van der Waals surface area contributed by atoms with Crippen LogP contribution in [0.1, 0.15) is 5.56 Å². The Morgan fingerprint density at radius 1 is 1.27 bits per heavy atom. The van der Waals surface area contributed by atoms with Gasteiger partial charge in [-0.25, -0.2) is 5.90 Å². The number of benzene rings is 1. The molecule has 0 aliphatic carbocycles. The standard InChI is InChI=1S/C10H14ClNO3/c1-13-8-4-3-7(5-6-15-12)10(14-2)9(8)11/h3-4H,5-6,12H2,1-2H3. The lowest BCUT2D eigenvalue weighted by atomic mass is 10.1. The Hall–Kier alpha value is -0.970. The molecule has 0 saturated carbocycles. The Morgan fingerprint density at radius 3 is 2.53 bits per heavy atom. The van der Waals surface area contributed by atoms with Crippen molar-refractivity contribution in [2.24, 2.45) is 5.90 Å². The second-order valence-electron chi connectivity index (χ2n) is 2.89. The molecule has 15 heavy (non-hydrogen) atoms. The van der Waals surface area contributed by atoms with E-state index in [9.17, 15) is 0 Å². The molecule has 0 aliphatic rings. The predicted molar refractivity (Wildman–Crippen MR) is 58.4 cm³/mol. The number of halogens is 1. The Kier molecular flexibility index (Phi) is 4.68. The molecular weight excluding hydrogens is 218 g/mol. The molecule has 1 rings (SSSR count). The Labute approximate surface area is 93.8 Å². The van der Waals surface area contributed by atoms with Crippen molar-refractivity contribution in [3.63, 3.8) is 0 Å². The maximum Gasteiger partial charge on any atom is 0.144 e. The van der Waals surface area contributed by atoms with Crippen molar-refractivity contribution < 1.29 is 14.3 Å². The second kappa shape index (κ2) is 5.80. The van der Waals surface area contributed by atoms with Crippen molar-refractivity contribution in [3.05, 3.63) is 22.7 Å². The van der Waals surface area contributed by atoms with Crippen molar-refractivity contribution in [3.8, 4) is 11.5 Å². The van der Waals surface area contributed by atoms with Crippen LogP contribution >= 0.6 is 11.6 Å². The summed E-state index contributed by atoms with van der Waals surface area (Å²) in [6.07, 6.45) is 0.642. The van der Waals surface area contributed by atoms with Gasteiger partial charge in [0.1, 0.15) is 16.5 Å². The fourth-order valence-corrected chi connectivity index (χ4v) is 1.66. The van der Waals surface area contributed by atoms with Crippen molar-refractivity contribution in [1.29, 1.82) is 0 Å². The lowest BCUT2D eigenvalue weighted by Crippen LogP contribution is -2.05. The number of methoxy groups -OCH3 is 2. The lowest BCUT2D eigenvalue weighted by molar-refractivity contribution is 0.140. The van der Waals surface area contributed by atoms with Gasteiger partial charge in [-0.15, -0.1) is 0 Å². The molecule has 0 fully saturated rings. The van der Waals surface area contributed by atoms with E-state index < -0.39 is 0 Å². The molecule has 5 heteroatoms. The van der Waals surface area contributed by atoms with Crippen molar-refractivity contribution in [2.75, 3.05) is 20.8 Å². The number of ether oxygens (including phenoxy) is 2. The summed E-state index contributed by atoms with van der Waals surface area (Å²) in [4.78, 5) is 4.51. The quantitative estimate of drug-likeness (QED) is 0.785. The fraction of sp³-hybridized carbons (Fsp3) is 0.400. The van der Waals surface area contributed by atoms with Crippen LogP contribution in [0.15, 0.2) is 12.1 Å². The molecule has 0 amide bonds. The summed E-state index contributed by atoms with van der Waals surface area (Å²) in [6.45, 7) is 0.416. The van der Waals surface area contributed by atoms with Crippen LogP contribution in [0.25, 0.3) is 0 Å². The maximum absolute atomic E-state index is 6.07. The van der Waals surface area contributed by atoms with Gasteiger partial charge in [0.25, 0.3) is 0 Å². The summed E-state index contributed by atoms with van der Waals surface area (Å²) in [6, 6.07) is 3.67. The highest BCUT2D eigenvalue weighted by Gasteiger charge is 2.12. The Bertz CT molecular complexity index is 331. The van der Waals surface area contributed by atoms with E-state index in [0.29, 0.717) is 29.5 Å². The third-order valence-electron chi connectivity index (χ3n) is 2.06. The third-order valence-corrected chi connectivity index (χ3v) is 2.41. The molecule has 0 unspecified atom stereocenters. The van der Waals surface area contributed by atoms with Gasteiger partial charge in [-0.1, -0.05) is 17.7 Å². The zero-order chi connectivity index (χ0) is 11.3. The highest BCUT2D eigenvalue weighted by molar-refractivity contribution is 6.33. The zero-order valence-corrected chi connectivity index (χ0v) is 9.50. The molecule has 0 aliphatic heterocycles. The number of hydrogen-bond acceptors (Lipinski definition) is 4. The van der Waals surface area contributed by atoms with Crippen LogP contribution < -0.4 is 15.4 Å². The normalized spacial score (nSPS) is 10.1. The van der Waals surface area contributed by atoms with E-state index in [1.807, 2.05) is 6.07 Å². The fourth-order valence-electron chi connectivity index (χ4n) is 1.32. The molecule has 0 bridgehead atoms. The van der Waals surface area contributed by atoms with Gasteiger partial charge in [0.15, 0.2) is 0 Å². The van der Waals surface area contributed by atoms with Crippen molar-refractivity contribution >= 4 is 11.6 Å². The molecule has 0 aromatic heterocycles. The highest BCUT2D eigenvalue weighted by Crippen LogP contribution is 2.36. The molecule has 0 atom stereocenters. The molecule has 1 aromatic rings. The molecular formula is C10H14ClNO3. The highest BCUT2D eigenvalue weighted by atomic mass is 35.5. The van der Waals surface area contributed by atoms with Gasteiger partial charge in [-0.05, 0) is 11.6 Å². The van der Waals surface area contributed by atoms with Crippen molar-refractivity contribution in [2.45, 2.75) is 6.42 Å². The average molecular weight is 232 g/mol. The van der Waals surface area contributed by atoms with Gasteiger partial charge in [0.05, 0.1) is 20.8 Å². The van der Waals surface area contributed by atoms with Gasteiger partial charge in [-0.2, -0.15) is 0 Å². The van der Waals surface area contributed by atoms with Crippen LogP contribution in [-0.2, 0) is 11.3 Å². The number of hydrogen-bond donors (Lipinski definition) is 1. The van der Waals surface area contributed by atoms with E-state index in [0.717, 1.165) is 5.56 Å². The summed E-state index contributed by atoms with van der Waals surface area (Å²) in [5.41, 5.74) is 0.939. The Morgan fingerprint density at radius 2 is 2.00 bits per heavy atom. The summed E-state index contributed by atoms with van der Waals surface area (Å²) in [5.74, 6) is 6.16. The predicted octanol–water partition coefficient (Wildman–Crippen LogP) is 1.79. The minimum absolute atomic E-state index is 0.416. The van der Waals surface area contributed by atoms with Gasteiger partial charge in [0, 0.05) is 6.42 Å². The molecule has 2 N–H and O–H groups in total. The maximum atomic E-state index is 6.07. The minimum Gasteiger partial charge on any atom is -0.495 e. The molecule has 0 heterocycles. The van der Waals surface area contributed by atoms with Crippen molar-refractivity contribution in [1.82, 2.24) is 0 Å². The summed E-state index contributed by atoms with van der Waals surface area (Å²) < 4.78 is 10.3. The van der Waals surface area contributed by atoms with E-state index in [1.165, 1.54) is 0 Å². The SMILES string of the molecule is COc1ccc(CCON)c(OC)c1Cl. The first kappa shape index (κ1) is 12.1. The first-order chi connectivity index (χ1) is 7.24. The van der Waals surface area contributed by atoms with Crippen LogP contribution in [0.4, 0.5) is 0 Å². The van der Waals surface area contributed by atoms with Gasteiger partial charge in [-0.3, -0.25) is 0 Å². The Balaban J connectivity index is 3.01. The first-order valence-electron chi connectivity index (χ1n) is 4.45. The van der Waals surface area contributed by atoms with Crippen LogP contribution in [-0.4, -0.2) is 20.8 Å². The topological polar surface area (TPSA) is 53.7 Å². The second-order valence-corrected chi connectivity index (χ2v) is 3.27. The first-order valence-corrected chi connectivity index (χ1v) is 4.83. The van der Waals surface area contributed by atoms with Gasteiger partial charge < -0.3 is 14.3 Å². The number of nitrogens with two attached hydrogens (primary N) is 1. The summed E-state index contributed by atoms with van der Waals surface area (Å²) in [5, 5.41) is 0.467. The molecule has 0 spiro atoms.